The summed E-state index contributed by atoms with van der Waals surface area (Å²) in [6, 6.07) is 2.37. The summed E-state index contributed by atoms with van der Waals surface area (Å²) < 4.78 is 33.4. The molecule has 2 N–H and O–H groups in total. The second-order valence-corrected chi connectivity index (χ2v) is 10.4. The summed E-state index contributed by atoms with van der Waals surface area (Å²) in [7, 11) is -3.90. The van der Waals surface area contributed by atoms with E-state index in [0.29, 0.717) is 18.3 Å². The van der Waals surface area contributed by atoms with Crippen molar-refractivity contribution in [2.75, 3.05) is 31.6 Å². The van der Waals surface area contributed by atoms with Crippen LogP contribution < -0.4 is 10.0 Å². The van der Waals surface area contributed by atoms with Crippen molar-refractivity contribution in [1.82, 2.24) is 14.0 Å². The van der Waals surface area contributed by atoms with Gasteiger partial charge >= 0.3 is 10.2 Å². The predicted octanol–water partition coefficient (Wildman–Crippen LogP) is 2.17. The molecule has 1 fully saturated rings. The molecule has 1 aromatic heterocycles. The van der Waals surface area contributed by atoms with Crippen LogP contribution in [0.2, 0.25) is 0 Å². The van der Waals surface area contributed by atoms with Crippen molar-refractivity contribution in [2.24, 2.45) is 0 Å². The number of morpholine rings is 1. The smallest absolute Gasteiger partial charge is 0.304 e. The third-order valence-corrected chi connectivity index (χ3v) is 8.22. The number of carbonyl (C=O) groups is 1. The summed E-state index contributed by atoms with van der Waals surface area (Å²) >= 11 is 1.31. The van der Waals surface area contributed by atoms with Crippen LogP contribution in [0.5, 0.6) is 0 Å². The number of benzene rings is 1. The summed E-state index contributed by atoms with van der Waals surface area (Å²) in [5.74, 6) is -0.714. The van der Waals surface area contributed by atoms with E-state index in [-0.39, 0.29) is 18.8 Å². The fourth-order valence-corrected chi connectivity index (χ4v) is 6.32. The number of aromatic nitrogens is 1. The number of amides is 1. The van der Waals surface area contributed by atoms with Crippen molar-refractivity contribution < 1.29 is 17.9 Å². The third-order valence-electron chi connectivity index (χ3n) is 5.97. The van der Waals surface area contributed by atoms with Gasteiger partial charge in [-0.25, -0.2) is 9.71 Å². The average molecular weight is 449 g/mol. The first-order valence-electron chi connectivity index (χ1n) is 10.3. The molecule has 1 amide bonds. The fraction of sp³-hybridized carbons (Fsp3) is 0.500. The Balaban J connectivity index is 1.34. The molecule has 0 saturated carbocycles. The standard InChI is InChI=1S/C20H24N4O4S2/c25-19(23-30(26,27)24-7-9-28-10-8-24)17-12-29-20(21-17)22-18-15-5-1-3-13(15)11-14-4-2-6-16(14)18/h11-12H,1-10H2,(H,21,22)(H,23,25). The Morgan fingerprint density at radius 3 is 2.40 bits per heavy atom. The lowest BCUT2D eigenvalue weighted by atomic mass is 9.99. The van der Waals surface area contributed by atoms with Gasteiger partial charge in [-0.3, -0.25) is 4.79 Å². The molecule has 0 bridgehead atoms. The van der Waals surface area contributed by atoms with Gasteiger partial charge < -0.3 is 10.1 Å². The van der Waals surface area contributed by atoms with Crippen LogP contribution >= 0.6 is 11.3 Å². The Morgan fingerprint density at radius 1 is 1.07 bits per heavy atom. The quantitative estimate of drug-likeness (QED) is 0.727. The van der Waals surface area contributed by atoms with E-state index in [0.717, 1.165) is 44.2 Å². The van der Waals surface area contributed by atoms with E-state index in [2.05, 4.69) is 21.1 Å². The molecule has 1 aromatic carbocycles. The molecule has 0 spiro atoms. The van der Waals surface area contributed by atoms with Gasteiger partial charge in [-0.15, -0.1) is 11.3 Å². The molecule has 1 aliphatic heterocycles. The Morgan fingerprint density at radius 2 is 1.73 bits per heavy atom. The van der Waals surface area contributed by atoms with Crippen molar-refractivity contribution in [3.8, 4) is 0 Å². The zero-order valence-corrected chi connectivity index (χ0v) is 18.2. The predicted molar refractivity (Wildman–Crippen MR) is 115 cm³/mol. The first-order chi connectivity index (χ1) is 14.5. The molecule has 5 rings (SSSR count). The number of nitrogens with one attached hydrogen (secondary N) is 2. The molecule has 160 valence electrons. The highest BCUT2D eigenvalue weighted by molar-refractivity contribution is 7.87. The number of carbonyl (C=O) groups excluding carboxylic acids is 1. The number of ether oxygens (including phenoxy) is 1. The molecule has 30 heavy (non-hydrogen) atoms. The fourth-order valence-electron chi connectivity index (χ4n) is 4.53. The van der Waals surface area contributed by atoms with Gasteiger partial charge in [-0.1, -0.05) is 6.07 Å². The van der Waals surface area contributed by atoms with Crippen molar-refractivity contribution in [3.63, 3.8) is 0 Å². The van der Waals surface area contributed by atoms with Crippen molar-refractivity contribution in [1.29, 1.82) is 0 Å². The minimum atomic E-state index is -3.90. The van der Waals surface area contributed by atoms with E-state index in [4.69, 9.17) is 4.74 Å². The molecule has 0 unspecified atom stereocenters. The minimum Gasteiger partial charge on any atom is -0.379 e. The first-order valence-corrected chi connectivity index (χ1v) is 12.6. The molecule has 0 radical (unpaired) electrons. The van der Waals surface area contributed by atoms with Gasteiger partial charge in [-0.2, -0.15) is 12.7 Å². The number of thiazole rings is 1. The van der Waals surface area contributed by atoms with E-state index in [9.17, 15) is 13.2 Å². The number of anilines is 2. The van der Waals surface area contributed by atoms with Gasteiger partial charge in [0.15, 0.2) is 5.13 Å². The largest absolute Gasteiger partial charge is 0.379 e. The normalized spacial score (nSPS) is 18.8. The van der Waals surface area contributed by atoms with E-state index in [1.807, 2.05) is 0 Å². The highest BCUT2D eigenvalue weighted by Gasteiger charge is 2.28. The average Bonchev–Trinajstić information content (AvgIpc) is 3.48. The molecule has 10 heteroatoms. The number of hydrogen-bond acceptors (Lipinski definition) is 7. The number of fused-ring (bicyclic) bond motifs is 2. The Hall–Kier alpha value is -2.01. The maximum absolute atomic E-state index is 12.5. The van der Waals surface area contributed by atoms with Gasteiger partial charge in [0.1, 0.15) is 5.69 Å². The summed E-state index contributed by atoms with van der Waals surface area (Å²) in [6.45, 7) is 1.12. The number of hydrogen-bond donors (Lipinski definition) is 2. The van der Waals surface area contributed by atoms with Crippen LogP contribution in [-0.2, 0) is 40.6 Å². The molecule has 1 saturated heterocycles. The Bertz CT molecular complexity index is 1060. The molecule has 2 aliphatic carbocycles. The summed E-state index contributed by atoms with van der Waals surface area (Å²) in [6.07, 6.45) is 6.67. The van der Waals surface area contributed by atoms with Crippen LogP contribution in [0.25, 0.3) is 0 Å². The first kappa shape index (κ1) is 19.9. The number of nitrogens with zero attached hydrogens (tertiary/aromatic N) is 2. The maximum Gasteiger partial charge on any atom is 0.304 e. The van der Waals surface area contributed by atoms with E-state index in [1.54, 1.807) is 5.38 Å². The second-order valence-electron chi connectivity index (χ2n) is 7.84. The van der Waals surface area contributed by atoms with Crippen molar-refractivity contribution >= 4 is 38.3 Å². The Kier molecular flexibility index (Phi) is 5.26. The van der Waals surface area contributed by atoms with Crippen LogP contribution in [0.3, 0.4) is 0 Å². The lowest BCUT2D eigenvalue weighted by molar-refractivity contribution is 0.0718. The van der Waals surface area contributed by atoms with E-state index in [1.165, 1.54) is 37.9 Å². The highest BCUT2D eigenvalue weighted by Crippen LogP contribution is 2.40. The van der Waals surface area contributed by atoms with Crippen LogP contribution in [0.1, 0.15) is 45.6 Å². The molecule has 3 aliphatic rings. The van der Waals surface area contributed by atoms with Crippen LogP contribution in [0.15, 0.2) is 11.4 Å². The van der Waals surface area contributed by atoms with Gasteiger partial charge in [0, 0.05) is 24.2 Å². The Labute approximate surface area is 179 Å². The number of rotatable bonds is 5. The highest BCUT2D eigenvalue weighted by atomic mass is 32.2. The van der Waals surface area contributed by atoms with Crippen molar-refractivity contribution in [2.45, 2.75) is 38.5 Å². The van der Waals surface area contributed by atoms with Gasteiger partial charge in [-0.05, 0) is 60.8 Å². The molecule has 0 atom stereocenters. The molecule has 2 heterocycles. The molecular formula is C20H24N4O4S2. The topological polar surface area (TPSA) is 101 Å². The lowest BCUT2D eigenvalue weighted by Crippen LogP contribution is -2.48. The van der Waals surface area contributed by atoms with Gasteiger partial charge in [0.25, 0.3) is 5.91 Å². The van der Waals surface area contributed by atoms with Gasteiger partial charge in [0.05, 0.1) is 13.2 Å². The third kappa shape index (κ3) is 3.73. The zero-order chi connectivity index (χ0) is 20.7. The van der Waals surface area contributed by atoms with E-state index >= 15 is 0 Å². The summed E-state index contributed by atoms with van der Waals surface area (Å²) in [5, 5.41) is 5.66. The zero-order valence-electron chi connectivity index (χ0n) is 16.6. The summed E-state index contributed by atoms with van der Waals surface area (Å²) in [4.78, 5) is 16.9. The van der Waals surface area contributed by atoms with Gasteiger partial charge in [0.2, 0.25) is 0 Å². The monoisotopic (exact) mass is 448 g/mol. The number of aryl methyl sites for hydroxylation is 2. The lowest BCUT2D eigenvalue weighted by Gasteiger charge is -2.25. The van der Waals surface area contributed by atoms with Crippen LogP contribution in [-0.4, -0.2) is 49.9 Å². The minimum absolute atomic E-state index is 0.101. The van der Waals surface area contributed by atoms with E-state index < -0.39 is 16.1 Å². The van der Waals surface area contributed by atoms with Crippen LogP contribution in [0, 0.1) is 0 Å². The van der Waals surface area contributed by atoms with Crippen LogP contribution in [0.4, 0.5) is 10.8 Å². The maximum atomic E-state index is 12.5. The summed E-state index contributed by atoms with van der Waals surface area (Å²) in [5.41, 5.74) is 6.83. The second kappa shape index (κ2) is 7.92. The molecule has 8 nitrogen and oxygen atoms in total. The molecular weight excluding hydrogens is 424 g/mol. The van der Waals surface area contributed by atoms with Crippen molar-refractivity contribution in [3.05, 3.63) is 39.4 Å². The molecule has 2 aromatic rings. The SMILES string of the molecule is O=C(NS(=O)(=O)N1CCOCC1)c1csc(Nc2c3c(cc4c2CCC4)CCC3)n1.